The van der Waals surface area contributed by atoms with Crippen molar-refractivity contribution in [1.29, 1.82) is 0 Å². The number of ether oxygens (including phenoxy) is 3. The van der Waals surface area contributed by atoms with Gasteiger partial charge in [-0.25, -0.2) is 0 Å². The summed E-state index contributed by atoms with van der Waals surface area (Å²) in [6.45, 7) is 3.75. The lowest BCUT2D eigenvalue weighted by Crippen LogP contribution is -2.22. The van der Waals surface area contributed by atoms with Crippen molar-refractivity contribution < 1.29 is 24.1 Å². The standard InChI is InChI=1S/C14H21NO5/c1-8(2)20-13-6-11(18-3)9(5-12(13)19-4)10(7-15)14(16)17/h5-6,8,10H,7,15H2,1-4H3,(H,16,17). The first-order chi connectivity index (χ1) is 9.44. The first kappa shape index (κ1) is 16.1. The summed E-state index contributed by atoms with van der Waals surface area (Å²) in [5.41, 5.74) is 6.00. The molecule has 0 bridgehead atoms. The molecule has 0 saturated carbocycles. The van der Waals surface area contributed by atoms with E-state index < -0.39 is 11.9 Å². The molecule has 1 aromatic carbocycles. The van der Waals surface area contributed by atoms with Gasteiger partial charge >= 0.3 is 5.97 Å². The molecule has 0 aliphatic rings. The van der Waals surface area contributed by atoms with Crippen molar-refractivity contribution in [1.82, 2.24) is 0 Å². The summed E-state index contributed by atoms with van der Waals surface area (Å²) in [6.07, 6.45) is -0.0377. The van der Waals surface area contributed by atoms with E-state index in [0.29, 0.717) is 22.8 Å². The maximum Gasteiger partial charge on any atom is 0.312 e. The molecule has 1 unspecified atom stereocenters. The molecule has 1 rings (SSSR count). The van der Waals surface area contributed by atoms with Crippen LogP contribution in [0.3, 0.4) is 0 Å². The SMILES string of the molecule is COc1cc(C(CN)C(=O)O)c(OC)cc1OC(C)C. The Labute approximate surface area is 118 Å². The predicted molar refractivity (Wildman–Crippen MR) is 74.7 cm³/mol. The number of benzene rings is 1. The van der Waals surface area contributed by atoms with Crippen LogP contribution in [0.15, 0.2) is 12.1 Å². The van der Waals surface area contributed by atoms with E-state index in [0.717, 1.165) is 0 Å². The molecule has 20 heavy (non-hydrogen) atoms. The largest absolute Gasteiger partial charge is 0.496 e. The summed E-state index contributed by atoms with van der Waals surface area (Å²) in [5.74, 6) is -0.491. The number of nitrogens with two attached hydrogens (primary N) is 1. The van der Waals surface area contributed by atoms with Crippen LogP contribution in [0.4, 0.5) is 0 Å². The predicted octanol–water partition coefficient (Wildman–Crippen LogP) is 1.62. The first-order valence-corrected chi connectivity index (χ1v) is 6.30. The van der Waals surface area contributed by atoms with Crippen molar-refractivity contribution in [3.8, 4) is 17.2 Å². The molecule has 0 aliphatic carbocycles. The Morgan fingerprint density at radius 1 is 1.20 bits per heavy atom. The molecule has 0 amide bonds. The Morgan fingerprint density at radius 3 is 2.20 bits per heavy atom. The average molecular weight is 283 g/mol. The van der Waals surface area contributed by atoms with Gasteiger partial charge in [0.05, 0.1) is 26.2 Å². The second kappa shape index (κ2) is 7.00. The minimum Gasteiger partial charge on any atom is -0.496 e. The normalized spacial score (nSPS) is 12.1. The van der Waals surface area contributed by atoms with Crippen LogP contribution in [0.25, 0.3) is 0 Å². The molecule has 0 saturated heterocycles. The van der Waals surface area contributed by atoms with Crippen LogP contribution >= 0.6 is 0 Å². The number of aliphatic carboxylic acids is 1. The van der Waals surface area contributed by atoms with Crippen molar-refractivity contribution in [2.45, 2.75) is 25.9 Å². The number of carboxylic acids is 1. The lowest BCUT2D eigenvalue weighted by Gasteiger charge is -2.19. The summed E-state index contributed by atoms with van der Waals surface area (Å²) in [7, 11) is 2.97. The average Bonchev–Trinajstić information content (AvgIpc) is 2.39. The maximum absolute atomic E-state index is 11.3. The van der Waals surface area contributed by atoms with Gasteiger partial charge in [0.1, 0.15) is 5.75 Å². The third kappa shape index (κ3) is 3.54. The smallest absolute Gasteiger partial charge is 0.312 e. The second-order valence-corrected chi connectivity index (χ2v) is 4.54. The second-order valence-electron chi connectivity index (χ2n) is 4.54. The van der Waals surface area contributed by atoms with Crippen molar-refractivity contribution in [3.05, 3.63) is 17.7 Å². The van der Waals surface area contributed by atoms with Crippen molar-refractivity contribution in [3.63, 3.8) is 0 Å². The molecule has 0 heterocycles. The summed E-state index contributed by atoms with van der Waals surface area (Å²) in [4.78, 5) is 11.3. The van der Waals surface area contributed by atoms with Gasteiger partial charge in [0.15, 0.2) is 11.5 Å². The molecular weight excluding hydrogens is 262 g/mol. The van der Waals surface area contributed by atoms with E-state index in [-0.39, 0.29) is 12.6 Å². The highest BCUT2D eigenvalue weighted by atomic mass is 16.5. The zero-order valence-electron chi connectivity index (χ0n) is 12.2. The molecule has 0 radical (unpaired) electrons. The van der Waals surface area contributed by atoms with Crippen LogP contribution in [0.2, 0.25) is 0 Å². The molecule has 0 aliphatic heterocycles. The lowest BCUT2D eigenvalue weighted by atomic mass is 9.97. The van der Waals surface area contributed by atoms with Crippen molar-refractivity contribution in [2.24, 2.45) is 5.73 Å². The van der Waals surface area contributed by atoms with Gasteiger partial charge < -0.3 is 25.1 Å². The zero-order valence-corrected chi connectivity index (χ0v) is 12.2. The maximum atomic E-state index is 11.3. The van der Waals surface area contributed by atoms with Gasteiger partial charge in [-0.3, -0.25) is 4.79 Å². The van der Waals surface area contributed by atoms with Gasteiger partial charge in [0.2, 0.25) is 0 Å². The van der Waals surface area contributed by atoms with E-state index >= 15 is 0 Å². The molecule has 112 valence electrons. The Balaban J connectivity index is 3.34. The Bertz CT molecular complexity index is 473. The molecule has 0 spiro atoms. The highest BCUT2D eigenvalue weighted by Gasteiger charge is 2.24. The molecule has 0 fully saturated rings. The fraction of sp³-hybridized carbons (Fsp3) is 0.500. The van der Waals surface area contributed by atoms with Gasteiger partial charge in [0, 0.05) is 18.2 Å². The van der Waals surface area contributed by atoms with Crippen LogP contribution in [-0.4, -0.2) is 37.9 Å². The van der Waals surface area contributed by atoms with Crippen LogP contribution < -0.4 is 19.9 Å². The fourth-order valence-electron chi connectivity index (χ4n) is 1.87. The number of hydrogen-bond donors (Lipinski definition) is 2. The highest BCUT2D eigenvalue weighted by molar-refractivity contribution is 5.78. The monoisotopic (exact) mass is 283 g/mol. The number of carboxylic acid groups (broad SMARTS) is 1. The molecule has 3 N–H and O–H groups in total. The Kier molecular flexibility index (Phi) is 5.64. The Hall–Kier alpha value is -1.95. The molecule has 1 aromatic rings. The number of hydrogen-bond acceptors (Lipinski definition) is 5. The molecule has 0 aromatic heterocycles. The zero-order chi connectivity index (χ0) is 15.3. The van der Waals surface area contributed by atoms with E-state index in [1.807, 2.05) is 13.8 Å². The fourth-order valence-corrected chi connectivity index (χ4v) is 1.87. The van der Waals surface area contributed by atoms with E-state index in [2.05, 4.69) is 0 Å². The molecular formula is C14H21NO5. The topological polar surface area (TPSA) is 91.0 Å². The van der Waals surface area contributed by atoms with E-state index in [1.54, 1.807) is 12.1 Å². The number of rotatable bonds is 7. The van der Waals surface area contributed by atoms with Crippen LogP contribution in [0, 0.1) is 0 Å². The Morgan fingerprint density at radius 2 is 1.80 bits per heavy atom. The lowest BCUT2D eigenvalue weighted by molar-refractivity contribution is -0.138. The van der Waals surface area contributed by atoms with Crippen molar-refractivity contribution >= 4 is 5.97 Å². The summed E-state index contributed by atoms with van der Waals surface area (Å²) in [6, 6.07) is 3.22. The van der Waals surface area contributed by atoms with Gasteiger partial charge in [0.25, 0.3) is 0 Å². The molecule has 6 nitrogen and oxygen atoms in total. The van der Waals surface area contributed by atoms with Gasteiger partial charge in [-0.2, -0.15) is 0 Å². The van der Waals surface area contributed by atoms with Gasteiger partial charge in [-0.1, -0.05) is 0 Å². The third-order valence-corrected chi connectivity index (χ3v) is 2.79. The first-order valence-electron chi connectivity index (χ1n) is 6.30. The third-order valence-electron chi connectivity index (χ3n) is 2.79. The molecule has 6 heteroatoms. The van der Waals surface area contributed by atoms with Crippen LogP contribution in [-0.2, 0) is 4.79 Å². The van der Waals surface area contributed by atoms with Gasteiger partial charge in [-0.15, -0.1) is 0 Å². The summed E-state index contributed by atoms with van der Waals surface area (Å²) < 4.78 is 16.1. The quantitative estimate of drug-likeness (QED) is 0.790. The van der Waals surface area contributed by atoms with Crippen molar-refractivity contribution in [2.75, 3.05) is 20.8 Å². The number of methoxy groups -OCH3 is 2. The van der Waals surface area contributed by atoms with Crippen LogP contribution in [0.5, 0.6) is 17.2 Å². The van der Waals surface area contributed by atoms with E-state index in [1.165, 1.54) is 14.2 Å². The minimum atomic E-state index is -1.01. The highest BCUT2D eigenvalue weighted by Crippen LogP contribution is 2.38. The van der Waals surface area contributed by atoms with E-state index in [4.69, 9.17) is 19.9 Å². The number of carbonyl (C=O) groups is 1. The summed E-state index contributed by atoms with van der Waals surface area (Å²) in [5, 5.41) is 9.22. The van der Waals surface area contributed by atoms with Crippen LogP contribution in [0.1, 0.15) is 25.3 Å². The minimum absolute atomic E-state index is 0.0285. The van der Waals surface area contributed by atoms with Gasteiger partial charge in [-0.05, 0) is 19.9 Å². The molecule has 1 atom stereocenters. The summed E-state index contributed by atoms with van der Waals surface area (Å²) >= 11 is 0. The van der Waals surface area contributed by atoms with E-state index in [9.17, 15) is 9.90 Å².